The van der Waals surface area contributed by atoms with E-state index < -0.39 is 5.97 Å². The van der Waals surface area contributed by atoms with Crippen LogP contribution in [0.25, 0.3) is 5.52 Å². The second-order valence-corrected chi connectivity index (χ2v) is 4.13. The fourth-order valence-electron chi connectivity index (χ4n) is 1.72. The minimum absolute atomic E-state index is 0.0363. The number of anilines is 1. The minimum Gasteiger partial charge on any atom is -0.476 e. The Balaban J connectivity index is 2.66. The molecule has 6 heteroatoms. The summed E-state index contributed by atoms with van der Waals surface area (Å²) in [5.74, 6) is -0.361. The van der Waals surface area contributed by atoms with Gasteiger partial charge in [-0.05, 0) is 26.2 Å². The highest BCUT2D eigenvalue weighted by atomic mass is 16.4. The Hall–Kier alpha value is -2.08. The van der Waals surface area contributed by atoms with Crippen molar-refractivity contribution in [2.75, 3.05) is 19.8 Å². The lowest BCUT2D eigenvalue weighted by Gasteiger charge is -2.08. The van der Waals surface area contributed by atoms with Gasteiger partial charge in [0.1, 0.15) is 5.82 Å². The van der Waals surface area contributed by atoms with E-state index in [1.807, 2.05) is 19.0 Å². The van der Waals surface area contributed by atoms with Crippen LogP contribution in [0.3, 0.4) is 0 Å². The van der Waals surface area contributed by atoms with Gasteiger partial charge < -0.3 is 20.1 Å². The Kier molecular flexibility index (Phi) is 2.72. The van der Waals surface area contributed by atoms with Gasteiger partial charge in [0.15, 0.2) is 5.69 Å². The molecule has 0 bridgehead atoms. The first-order valence-corrected chi connectivity index (χ1v) is 5.13. The van der Waals surface area contributed by atoms with E-state index in [0.29, 0.717) is 23.6 Å². The molecule has 3 N–H and O–H groups in total. The number of carbonyl (C=O) groups is 1. The summed E-state index contributed by atoms with van der Waals surface area (Å²) in [6, 6.07) is 3.34. The highest BCUT2D eigenvalue weighted by Gasteiger charge is 2.16. The van der Waals surface area contributed by atoms with E-state index in [0.717, 1.165) is 0 Å². The Bertz CT molecular complexity index is 574. The average Bonchev–Trinajstić information content (AvgIpc) is 2.55. The number of nitrogens with two attached hydrogens (primary N) is 1. The summed E-state index contributed by atoms with van der Waals surface area (Å²) in [6.07, 6.45) is 1.74. The third-order valence-electron chi connectivity index (χ3n) is 2.40. The highest BCUT2D eigenvalue weighted by molar-refractivity contribution is 5.94. The molecule has 0 radical (unpaired) electrons. The Labute approximate surface area is 98.3 Å². The van der Waals surface area contributed by atoms with E-state index in [1.54, 1.807) is 22.7 Å². The molecule has 0 saturated carbocycles. The number of fused-ring (bicyclic) bond motifs is 1. The van der Waals surface area contributed by atoms with E-state index in [-0.39, 0.29) is 5.69 Å². The van der Waals surface area contributed by atoms with Gasteiger partial charge in [0.2, 0.25) is 0 Å². The van der Waals surface area contributed by atoms with Crippen molar-refractivity contribution >= 4 is 17.2 Å². The molecule has 2 aromatic rings. The molecule has 0 saturated heterocycles. The molecule has 0 spiro atoms. The lowest BCUT2D eigenvalue weighted by molar-refractivity contribution is 0.0693. The van der Waals surface area contributed by atoms with Crippen molar-refractivity contribution in [1.29, 1.82) is 0 Å². The van der Waals surface area contributed by atoms with E-state index in [4.69, 9.17) is 10.8 Å². The van der Waals surface area contributed by atoms with Crippen LogP contribution in [-0.2, 0) is 6.54 Å². The molecule has 2 heterocycles. The molecular weight excluding hydrogens is 220 g/mol. The maximum atomic E-state index is 11.1. The first-order valence-electron chi connectivity index (χ1n) is 5.13. The van der Waals surface area contributed by atoms with Gasteiger partial charge in [-0.25, -0.2) is 9.78 Å². The number of aromatic carboxylic acids is 1. The number of hydrogen-bond donors (Lipinski definition) is 2. The van der Waals surface area contributed by atoms with Gasteiger partial charge in [-0.2, -0.15) is 0 Å². The lowest BCUT2D eigenvalue weighted by atomic mass is 10.3. The van der Waals surface area contributed by atoms with Crippen LogP contribution >= 0.6 is 0 Å². The summed E-state index contributed by atoms with van der Waals surface area (Å²) in [4.78, 5) is 17.2. The fraction of sp³-hybridized carbons (Fsp3) is 0.273. The zero-order chi connectivity index (χ0) is 12.6. The first-order chi connectivity index (χ1) is 7.99. The van der Waals surface area contributed by atoms with Gasteiger partial charge in [0, 0.05) is 11.9 Å². The smallest absolute Gasteiger partial charge is 0.356 e. The lowest BCUT2D eigenvalue weighted by Crippen LogP contribution is -2.13. The topological polar surface area (TPSA) is 83.9 Å². The predicted molar refractivity (Wildman–Crippen MR) is 64.0 cm³/mol. The molecular formula is C11H14N4O2. The van der Waals surface area contributed by atoms with E-state index in [1.165, 1.54) is 0 Å². The van der Waals surface area contributed by atoms with E-state index in [2.05, 4.69) is 4.98 Å². The fourth-order valence-corrected chi connectivity index (χ4v) is 1.72. The normalized spacial score (nSPS) is 11.2. The standard InChI is InChI=1S/C11H14N4O2/c1-14(2)6-9-13-10(11(16)17)8-5-7(12)3-4-15(8)9/h3-5H,6,12H2,1-2H3,(H,16,17). The Morgan fingerprint density at radius 3 is 2.88 bits per heavy atom. The summed E-state index contributed by atoms with van der Waals surface area (Å²) in [5, 5.41) is 9.09. The van der Waals surface area contributed by atoms with E-state index in [9.17, 15) is 4.79 Å². The van der Waals surface area contributed by atoms with Crippen LogP contribution in [0, 0.1) is 0 Å². The molecule has 6 nitrogen and oxygen atoms in total. The molecule has 2 rings (SSSR count). The van der Waals surface area contributed by atoms with Crippen molar-refractivity contribution in [2.24, 2.45) is 0 Å². The van der Waals surface area contributed by atoms with Gasteiger partial charge in [0.25, 0.3) is 0 Å². The molecule has 0 amide bonds. The van der Waals surface area contributed by atoms with E-state index >= 15 is 0 Å². The maximum absolute atomic E-state index is 11.1. The third-order valence-corrected chi connectivity index (χ3v) is 2.40. The first kappa shape index (κ1) is 11.4. The zero-order valence-corrected chi connectivity index (χ0v) is 9.71. The monoisotopic (exact) mass is 234 g/mol. The molecule has 2 aromatic heterocycles. The number of nitrogen functional groups attached to an aromatic ring is 1. The number of carboxylic acids is 1. The molecule has 0 fully saturated rings. The molecule has 90 valence electrons. The highest BCUT2D eigenvalue weighted by Crippen LogP contribution is 2.17. The summed E-state index contributed by atoms with van der Waals surface area (Å²) in [6.45, 7) is 0.568. The van der Waals surface area contributed by atoms with Crippen molar-refractivity contribution in [3.8, 4) is 0 Å². The van der Waals surface area contributed by atoms with Crippen molar-refractivity contribution in [3.63, 3.8) is 0 Å². The van der Waals surface area contributed by atoms with Crippen LogP contribution in [0.4, 0.5) is 5.69 Å². The summed E-state index contributed by atoms with van der Waals surface area (Å²) in [5.41, 5.74) is 6.74. The van der Waals surface area contributed by atoms with Crippen LogP contribution in [0.5, 0.6) is 0 Å². The number of carboxylic acid groups (broad SMARTS) is 1. The molecule has 0 aliphatic heterocycles. The quantitative estimate of drug-likeness (QED) is 0.815. The summed E-state index contributed by atoms with van der Waals surface area (Å²) in [7, 11) is 3.80. The van der Waals surface area contributed by atoms with Gasteiger partial charge in [-0.15, -0.1) is 0 Å². The van der Waals surface area contributed by atoms with Gasteiger partial charge >= 0.3 is 5.97 Å². The Morgan fingerprint density at radius 2 is 2.29 bits per heavy atom. The summed E-state index contributed by atoms with van der Waals surface area (Å²) < 4.78 is 1.75. The number of nitrogens with zero attached hydrogens (tertiary/aromatic N) is 3. The van der Waals surface area contributed by atoms with Gasteiger partial charge in [-0.3, -0.25) is 0 Å². The van der Waals surface area contributed by atoms with Crippen molar-refractivity contribution in [2.45, 2.75) is 6.54 Å². The third kappa shape index (κ3) is 2.07. The SMILES string of the molecule is CN(C)Cc1nc(C(=O)O)c2cc(N)ccn12. The van der Waals surface area contributed by atoms with Crippen molar-refractivity contribution < 1.29 is 9.90 Å². The number of aromatic nitrogens is 2. The minimum atomic E-state index is -1.04. The largest absolute Gasteiger partial charge is 0.476 e. The summed E-state index contributed by atoms with van der Waals surface area (Å²) >= 11 is 0. The second-order valence-electron chi connectivity index (χ2n) is 4.13. The van der Waals surface area contributed by atoms with Crippen molar-refractivity contribution in [1.82, 2.24) is 14.3 Å². The molecule has 0 aromatic carbocycles. The van der Waals surface area contributed by atoms with Crippen LogP contribution in [-0.4, -0.2) is 39.5 Å². The van der Waals surface area contributed by atoms with Crippen LogP contribution < -0.4 is 5.73 Å². The number of pyridine rings is 1. The Morgan fingerprint density at radius 1 is 1.59 bits per heavy atom. The van der Waals surface area contributed by atoms with Crippen LogP contribution in [0.1, 0.15) is 16.3 Å². The zero-order valence-electron chi connectivity index (χ0n) is 9.71. The maximum Gasteiger partial charge on any atom is 0.356 e. The molecule has 0 aliphatic rings. The van der Waals surface area contributed by atoms with Gasteiger partial charge in [-0.1, -0.05) is 0 Å². The predicted octanol–water partition coefficient (Wildman–Crippen LogP) is 0.676. The second kappa shape index (κ2) is 4.06. The molecule has 17 heavy (non-hydrogen) atoms. The number of imidazole rings is 1. The van der Waals surface area contributed by atoms with Gasteiger partial charge in [0.05, 0.1) is 12.1 Å². The molecule has 0 atom stereocenters. The number of rotatable bonds is 3. The number of hydrogen-bond acceptors (Lipinski definition) is 4. The van der Waals surface area contributed by atoms with Crippen LogP contribution in [0.2, 0.25) is 0 Å². The van der Waals surface area contributed by atoms with Crippen LogP contribution in [0.15, 0.2) is 18.3 Å². The average molecular weight is 234 g/mol. The molecule has 0 aliphatic carbocycles. The molecule has 0 unspecified atom stereocenters. The van der Waals surface area contributed by atoms with Crippen molar-refractivity contribution in [3.05, 3.63) is 29.8 Å².